The van der Waals surface area contributed by atoms with Crippen LogP contribution in [0.5, 0.6) is 0 Å². The van der Waals surface area contributed by atoms with Crippen LogP contribution >= 0.6 is 0 Å². The summed E-state index contributed by atoms with van der Waals surface area (Å²) in [6.07, 6.45) is 1.51. The van der Waals surface area contributed by atoms with Crippen molar-refractivity contribution in [2.24, 2.45) is 0 Å². The molecule has 1 unspecified atom stereocenters. The zero-order valence-electron chi connectivity index (χ0n) is 14.9. The van der Waals surface area contributed by atoms with Crippen molar-refractivity contribution < 1.29 is 19.1 Å². The molecule has 2 aliphatic rings. The van der Waals surface area contributed by atoms with Crippen molar-refractivity contribution in [2.75, 3.05) is 19.7 Å². The highest BCUT2D eigenvalue weighted by atomic mass is 16.5. The molecule has 0 aromatic heterocycles. The van der Waals surface area contributed by atoms with Gasteiger partial charge in [-0.2, -0.15) is 0 Å². The Morgan fingerprint density at radius 1 is 1.24 bits per heavy atom. The third-order valence-electron chi connectivity index (χ3n) is 4.96. The number of nitrogens with zero attached hydrogens (tertiary/aromatic N) is 2. The highest BCUT2D eigenvalue weighted by molar-refractivity contribution is 6.21. The SMILES string of the molecule is CC(=O)N(CCN1C(=O)c2ccccc2C1=O)C1CCOC(C)(C)C1. The van der Waals surface area contributed by atoms with Crippen molar-refractivity contribution in [3.63, 3.8) is 0 Å². The van der Waals surface area contributed by atoms with Gasteiger partial charge in [-0.1, -0.05) is 12.1 Å². The number of carbonyl (C=O) groups is 3. The molecule has 134 valence electrons. The molecule has 0 saturated carbocycles. The molecule has 2 heterocycles. The molecule has 1 atom stereocenters. The second-order valence-electron chi connectivity index (χ2n) is 7.27. The van der Waals surface area contributed by atoms with Gasteiger partial charge in [0.05, 0.1) is 16.7 Å². The summed E-state index contributed by atoms with van der Waals surface area (Å²) in [5, 5.41) is 0. The standard InChI is InChI=1S/C19H24N2O4/c1-13(22)20(14-8-11-25-19(2,3)12-14)9-10-21-17(23)15-6-4-5-7-16(15)18(21)24/h4-7,14H,8-12H2,1-3H3. The number of rotatable bonds is 4. The number of carbonyl (C=O) groups excluding carboxylic acids is 3. The van der Waals surface area contributed by atoms with Gasteiger partial charge in [0, 0.05) is 32.7 Å². The minimum absolute atomic E-state index is 0.0423. The van der Waals surface area contributed by atoms with Crippen LogP contribution in [0, 0.1) is 0 Å². The Hall–Kier alpha value is -2.21. The van der Waals surface area contributed by atoms with E-state index in [2.05, 4.69) is 0 Å². The van der Waals surface area contributed by atoms with Crippen molar-refractivity contribution in [1.82, 2.24) is 9.80 Å². The fraction of sp³-hybridized carbons (Fsp3) is 0.526. The molecule has 1 saturated heterocycles. The molecule has 3 rings (SSSR count). The average Bonchev–Trinajstić information content (AvgIpc) is 2.79. The van der Waals surface area contributed by atoms with Gasteiger partial charge in [0.2, 0.25) is 5.91 Å². The maximum absolute atomic E-state index is 12.5. The molecule has 0 bridgehead atoms. The molecular weight excluding hydrogens is 320 g/mol. The first-order valence-electron chi connectivity index (χ1n) is 8.66. The minimum atomic E-state index is -0.281. The lowest BCUT2D eigenvalue weighted by atomic mass is 9.92. The first kappa shape index (κ1) is 17.6. The number of hydrogen-bond acceptors (Lipinski definition) is 4. The van der Waals surface area contributed by atoms with E-state index < -0.39 is 0 Å². The zero-order chi connectivity index (χ0) is 18.2. The Bertz CT molecular complexity index is 678. The summed E-state index contributed by atoms with van der Waals surface area (Å²) in [7, 11) is 0. The molecule has 2 aliphatic heterocycles. The van der Waals surface area contributed by atoms with Crippen LogP contribution < -0.4 is 0 Å². The summed E-state index contributed by atoms with van der Waals surface area (Å²) in [5.41, 5.74) is 0.606. The Morgan fingerprint density at radius 2 is 1.84 bits per heavy atom. The molecule has 0 spiro atoms. The summed E-state index contributed by atoms with van der Waals surface area (Å²) in [6.45, 7) is 6.73. The minimum Gasteiger partial charge on any atom is -0.375 e. The lowest BCUT2D eigenvalue weighted by molar-refractivity contribution is -0.138. The Morgan fingerprint density at radius 3 is 2.36 bits per heavy atom. The molecule has 0 N–H and O–H groups in total. The number of ether oxygens (including phenoxy) is 1. The van der Waals surface area contributed by atoms with Gasteiger partial charge >= 0.3 is 0 Å². The third-order valence-corrected chi connectivity index (χ3v) is 4.96. The Labute approximate surface area is 147 Å². The molecule has 25 heavy (non-hydrogen) atoms. The second-order valence-corrected chi connectivity index (χ2v) is 7.27. The molecule has 0 aliphatic carbocycles. The van der Waals surface area contributed by atoms with Crippen molar-refractivity contribution in [3.8, 4) is 0 Å². The van der Waals surface area contributed by atoms with E-state index in [0.717, 1.165) is 12.8 Å². The van der Waals surface area contributed by atoms with E-state index in [1.54, 1.807) is 29.2 Å². The number of imide groups is 1. The van der Waals surface area contributed by atoms with E-state index in [1.807, 2.05) is 13.8 Å². The van der Waals surface area contributed by atoms with Gasteiger partial charge in [0.1, 0.15) is 0 Å². The summed E-state index contributed by atoms with van der Waals surface area (Å²) < 4.78 is 5.72. The molecule has 6 nitrogen and oxygen atoms in total. The number of benzene rings is 1. The fourth-order valence-electron chi connectivity index (χ4n) is 3.71. The monoisotopic (exact) mass is 344 g/mol. The predicted molar refractivity (Wildman–Crippen MR) is 92.2 cm³/mol. The van der Waals surface area contributed by atoms with E-state index >= 15 is 0 Å². The highest BCUT2D eigenvalue weighted by Crippen LogP contribution is 2.28. The van der Waals surface area contributed by atoms with Crippen molar-refractivity contribution in [3.05, 3.63) is 35.4 Å². The van der Waals surface area contributed by atoms with Crippen LogP contribution in [0.15, 0.2) is 24.3 Å². The number of amides is 3. The predicted octanol–water partition coefficient (Wildman–Crippen LogP) is 2.09. The van der Waals surface area contributed by atoms with E-state index in [1.165, 1.54) is 11.8 Å². The van der Waals surface area contributed by atoms with Gasteiger partial charge in [-0.3, -0.25) is 19.3 Å². The molecular formula is C19H24N2O4. The average molecular weight is 344 g/mol. The first-order chi connectivity index (χ1) is 11.8. The third kappa shape index (κ3) is 3.44. The summed E-state index contributed by atoms with van der Waals surface area (Å²) >= 11 is 0. The van der Waals surface area contributed by atoms with Crippen LogP contribution in [0.4, 0.5) is 0 Å². The van der Waals surface area contributed by atoms with Gasteiger partial charge in [-0.05, 0) is 38.8 Å². The van der Waals surface area contributed by atoms with E-state index in [9.17, 15) is 14.4 Å². The first-order valence-corrected chi connectivity index (χ1v) is 8.66. The zero-order valence-corrected chi connectivity index (χ0v) is 14.9. The van der Waals surface area contributed by atoms with Crippen molar-refractivity contribution in [2.45, 2.75) is 45.3 Å². The molecule has 1 aromatic rings. The van der Waals surface area contributed by atoms with E-state index in [4.69, 9.17) is 4.74 Å². The summed E-state index contributed by atoms with van der Waals surface area (Å²) in [4.78, 5) is 40.1. The smallest absolute Gasteiger partial charge is 0.261 e. The van der Waals surface area contributed by atoms with Crippen LogP contribution in [0.3, 0.4) is 0 Å². The van der Waals surface area contributed by atoms with Crippen LogP contribution in [0.25, 0.3) is 0 Å². The van der Waals surface area contributed by atoms with Crippen LogP contribution in [-0.4, -0.2) is 58.9 Å². The number of hydrogen-bond donors (Lipinski definition) is 0. The maximum atomic E-state index is 12.5. The van der Waals surface area contributed by atoms with Crippen molar-refractivity contribution in [1.29, 1.82) is 0 Å². The molecule has 6 heteroatoms. The quantitative estimate of drug-likeness (QED) is 0.785. The largest absolute Gasteiger partial charge is 0.375 e. The van der Waals surface area contributed by atoms with Gasteiger partial charge in [-0.25, -0.2) is 0 Å². The normalized spacial score (nSPS) is 22.0. The lowest BCUT2D eigenvalue weighted by Crippen LogP contribution is -2.50. The highest BCUT2D eigenvalue weighted by Gasteiger charge is 2.37. The summed E-state index contributed by atoms with van der Waals surface area (Å²) in [6, 6.07) is 6.90. The molecule has 3 amide bonds. The van der Waals surface area contributed by atoms with E-state index in [-0.39, 0.29) is 35.9 Å². The van der Waals surface area contributed by atoms with Gasteiger partial charge in [0.25, 0.3) is 11.8 Å². The van der Waals surface area contributed by atoms with Crippen LogP contribution in [0.1, 0.15) is 54.3 Å². The fourth-order valence-corrected chi connectivity index (χ4v) is 3.71. The van der Waals surface area contributed by atoms with Gasteiger partial charge < -0.3 is 9.64 Å². The molecule has 1 aromatic carbocycles. The Kier molecular flexibility index (Phi) is 4.64. The molecule has 1 fully saturated rings. The van der Waals surface area contributed by atoms with Crippen molar-refractivity contribution >= 4 is 17.7 Å². The lowest BCUT2D eigenvalue weighted by Gasteiger charge is -2.41. The van der Waals surface area contributed by atoms with Gasteiger partial charge in [0.15, 0.2) is 0 Å². The molecule has 0 radical (unpaired) electrons. The van der Waals surface area contributed by atoms with E-state index in [0.29, 0.717) is 24.3 Å². The number of fused-ring (bicyclic) bond motifs is 1. The summed E-state index contributed by atoms with van der Waals surface area (Å²) in [5.74, 6) is -0.605. The Balaban J connectivity index is 1.70. The van der Waals surface area contributed by atoms with Crippen LogP contribution in [0.2, 0.25) is 0 Å². The maximum Gasteiger partial charge on any atom is 0.261 e. The second kappa shape index (κ2) is 6.59. The van der Waals surface area contributed by atoms with Gasteiger partial charge in [-0.15, -0.1) is 0 Å². The van der Waals surface area contributed by atoms with Crippen LogP contribution in [-0.2, 0) is 9.53 Å². The topological polar surface area (TPSA) is 66.9 Å².